The summed E-state index contributed by atoms with van der Waals surface area (Å²) in [4.78, 5) is 26.8. The van der Waals surface area contributed by atoms with Gasteiger partial charge < -0.3 is 10.3 Å². The van der Waals surface area contributed by atoms with Crippen molar-refractivity contribution in [2.24, 2.45) is 7.05 Å². The van der Waals surface area contributed by atoms with E-state index in [0.29, 0.717) is 17.6 Å². The summed E-state index contributed by atoms with van der Waals surface area (Å²) in [7, 11) is 1.69. The topological polar surface area (TPSA) is 84.7 Å². The molecule has 0 spiro atoms. The van der Waals surface area contributed by atoms with Gasteiger partial charge in [-0.15, -0.1) is 0 Å². The van der Waals surface area contributed by atoms with E-state index in [4.69, 9.17) is 0 Å². The average molecular weight is 361 g/mol. The second-order valence-corrected chi connectivity index (χ2v) is 6.47. The molecule has 0 radical (unpaired) electrons. The van der Waals surface area contributed by atoms with Crippen LogP contribution in [0, 0.1) is 6.92 Å². The fourth-order valence-corrected chi connectivity index (χ4v) is 2.99. The monoisotopic (exact) mass is 361 g/mol. The standard InChI is InChI=1S/C20H19N5O2/c1-13-9-10-25(23-13)16-6-3-14(4-7-16)12-21-19(26)15-5-8-18-17(11-15)22-20(27)24(18)2/h3-11H,12H2,1-2H3,(H,21,26)(H,22,27). The first-order chi connectivity index (χ1) is 13.0. The molecule has 0 unspecified atom stereocenters. The number of amides is 1. The highest BCUT2D eigenvalue weighted by molar-refractivity contribution is 5.97. The third kappa shape index (κ3) is 3.27. The summed E-state index contributed by atoms with van der Waals surface area (Å²) in [6.45, 7) is 2.36. The summed E-state index contributed by atoms with van der Waals surface area (Å²) in [5, 5.41) is 7.28. The Morgan fingerprint density at radius 1 is 1.15 bits per heavy atom. The molecule has 0 aliphatic heterocycles. The lowest BCUT2D eigenvalue weighted by molar-refractivity contribution is 0.0951. The van der Waals surface area contributed by atoms with E-state index in [1.807, 2.05) is 48.1 Å². The van der Waals surface area contributed by atoms with Gasteiger partial charge in [0, 0.05) is 25.4 Å². The largest absolute Gasteiger partial charge is 0.348 e. The Hall–Kier alpha value is -3.61. The maximum Gasteiger partial charge on any atom is 0.326 e. The summed E-state index contributed by atoms with van der Waals surface area (Å²) < 4.78 is 3.33. The lowest BCUT2D eigenvalue weighted by Gasteiger charge is -2.07. The molecule has 7 nitrogen and oxygen atoms in total. The number of nitrogens with one attached hydrogen (secondary N) is 2. The highest BCUT2D eigenvalue weighted by Gasteiger charge is 2.09. The van der Waals surface area contributed by atoms with Gasteiger partial charge in [-0.25, -0.2) is 9.48 Å². The van der Waals surface area contributed by atoms with E-state index >= 15 is 0 Å². The Balaban J connectivity index is 1.45. The number of hydrogen-bond acceptors (Lipinski definition) is 3. The number of fused-ring (bicyclic) bond motifs is 1. The molecular weight excluding hydrogens is 342 g/mol. The number of rotatable bonds is 4. The van der Waals surface area contributed by atoms with Gasteiger partial charge in [-0.1, -0.05) is 12.1 Å². The van der Waals surface area contributed by atoms with Crippen molar-refractivity contribution < 1.29 is 4.79 Å². The van der Waals surface area contributed by atoms with E-state index in [9.17, 15) is 9.59 Å². The van der Waals surface area contributed by atoms with Gasteiger partial charge in [0.2, 0.25) is 0 Å². The molecule has 1 amide bonds. The van der Waals surface area contributed by atoms with Gasteiger partial charge in [0.25, 0.3) is 5.91 Å². The van der Waals surface area contributed by atoms with Crippen LogP contribution in [0.2, 0.25) is 0 Å². The zero-order valence-corrected chi connectivity index (χ0v) is 15.1. The van der Waals surface area contributed by atoms with Crippen molar-refractivity contribution in [1.82, 2.24) is 24.6 Å². The fraction of sp³-hybridized carbons (Fsp3) is 0.150. The lowest BCUT2D eigenvalue weighted by Crippen LogP contribution is -2.22. The van der Waals surface area contributed by atoms with Crippen LogP contribution in [-0.4, -0.2) is 25.2 Å². The summed E-state index contributed by atoms with van der Waals surface area (Å²) in [5.41, 5.74) is 4.64. The maximum absolute atomic E-state index is 12.4. The molecule has 136 valence electrons. The third-order valence-electron chi connectivity index (χ3n) is 4.54. The van der Waals surface area contributed by atoms with E-state index in [0.717, 1.165) is 22.5 Å². The number of H-pyrrole nitrogens is 1. The minimum Gasteiger partial charge on any atom is -0.348 e. The Morgan fingerprint density at radius 2 is 1.93 bits per heavy atom. The smallest absolute Gasteiger partial charge is 0.326 e. The molecule has 0 saturated carbocycles. The predicted molar refractivity (Wildman–Crippen MR) is 103 cm³/mol. The van der Waals surface area contributed by atoms with E-state index in [1.165, 1.54) is 4.57 Å². The molecule has 0 fully saturated rings. The first-order valence-electron chi connectivity index (χ1n) is 8.60. The van der Waals surface area contributed by atoms with Gasteiger partial charge in [0.1, 0.15) is 0 Å². The second-order valence-electron chi connectivity index (χ2n) is 6.47. The number of aromatic amines is 1. The molecule has 2 aromatic carbocycles. The molecule has 0 atom stereocenters. The molecule has 0 aliphatic carbocycles. The first-order valence-corrected chi connectivity index (χ1v) is 8.60. The van der Waals surface area contributed by atoms with Crippen LogP contribution in [0.15, 0.2) is 59.5 Å². The van der Waals surface area contributed by atoms with Crippen LogP contribution in [-0.2, 0) is 13.6 Å². The Bertz CT molecular complexity index is 1180. The number of carbonyl (C=O) groups is 1. The number of carbonyl (C=O) groups excluding carboxylic acids is 1. The minimum atomic E-state index is -0.199. The fourth-order valence-electron chi connectivity index (χ4n) is 2.99. The van der Waals surface area contributed by atoms with Gasteiger partial charge in [0.15, 0.2) is 0 Å². The van der Waals surface area contributed by atoms with Crippen molar-refractivity contribution in [3.63, 3.8) is 0 Å². The molecule has 0 saturated heterocycles. The molecule has 2 aromatic heterocycles. The van der Waals surface area contributed by atoms with E-state index < -0.39 is 0 Å². The van der Waals surface area contributed by atoms with Crippen LogP contribution < -0.4 is 11.0 Å². The van der Waals surface area contributed by atoms with Gasteiger partial charge in [-0.05, 0) is 48.9 Å². The van der Waals surface area contributed by atoms with Crippen LogP contribution in [0.3, 0.4) is 0 Å². The Morgan fingerprint density at radius 3 is 2.63 bits per heavy atom. The van der Waals surface area contributed by atoms with Crippen molar-refractivity contribution in [2.75, 3.05) is 0 Å². The molecule has 2 N–H and O–H groups in total. The van der Waals surface area contributed by atoms with E-state index in [2.05, 4.69) is 15.4 Å². The number of aryl methyl sites for hydroxylation is 2. The van der Waals surface area contributed by atoms with Gasteiger partial charge >= 0.3 is 5.69 Å². The van der Waals surface area contributed by atoms with E-state index in [-0.39, 0.29) is 11.6 Å². The molecule has 0 aliphatic rings. The molecule has 2 heterocycles. The van der Waals surface area contributed by atoms with Crippen LogP contribution in [0.5, 0.6) is 0 Å². The lowest BCUT2D eigenvalue weighted by atomic mass is 10.1. The summed E-state index contributed by atoms with van der Waals surface area (Å²) >= 11 is 0. The van der Waals surface area contributed by atoms with E-state index in [1.54, 1.807) is 25.2 Å². The van der Waals surface area contributed by atoms with Crippen LogP contribution in [0.4, 0.5) is 0 Å². The molecule has 7 heteroatoms. The molecule has 0 bridgehead atoms. The summed E-state index contributed by atoms with van der Waals surface area (Å²) in [6.07, 6.45) is 1.91. The SMILES string of the molecule is Cc1ccn(-c2ccc(CNC(=O)c3ccc4c(c3)[nH]c(=O)n4C)cc2)n1. The number of imidazole rings is 1. The van der Waals surface area contributed by atoms with Gasteiger partial charge in [-0.2, -0.15) is 5.10 Å². The van der Waals surface area contributed by atoms with Gasteiger partial charge in [-0.3, -0.25) is 9.36 Å². The molecule has 4 rings (SSSR count). The summed E-state index contributed by atoms with van der Waals surface area (Å²) in [5.74, 6) is -0.187. The van der Waals surface area contributed by atoms with Crippen molar-refractivity contribution in [2.45, 2.75) is 13.5 Å². The molecule has 4 aromatic rings. The third-order valence-corrected chi connectivity index (χ3v) is 4.54. The van der Waals surface area contributed by atoms with Gasteiger partial charge in [0.05, 0.1) is 22.4 Å². The maximum atomic E-state index is 12.4. The molecule has 27 heavy (non-hydrogen) atoms. The van der Waals surface area contributed by atoms with Crippen LogP contribution in [0.1, 0.15) is 21.6 Å². The second kappa shape index (κ2) is 6.60. The highest BCUT2D eigenvalue weighted by atomic mass is 16.2. The zero-order chi connectivity index (χ0) is 19.0. The predicted octanol–water partition coefficient (Wildman–Crippen LogP) is 2.29. The first kappa shape index (κ1) is 16.8. The Kier molecular flexibility index (Phi) is 4.12. The minimum absolute atomic E-state index is 0.187. The Labute approximate surface area is 155 Å². The van der Waals surface area contributed by atoms with Crippen LogP contribution >= 0.6 is 0 Å². The zero-order valence-electron chi connectivity index (χ0n) is 15.1. The highest BCUT2D eigenvalue weighted by Crippen LogP contribution is 2.13. The van der Waals surface area contributed by atoms with Crippen molar-refractivity contribution >= 4 is 16.9 Å². The summed E-state index contributed by atoms with van der Waals surface area (Å²) in [6, 6.07) is 15.0. The number of hydrogen-bond donors (Lipinski definition) is 2. The number of nitrogens with zero attached hydrogens (tertiary/aromatic N) is 3. The quantitative estimate of drug-likeness (QED) is 0.585. The average Bonchev–Trinajstić information content (AvgIpc) is 3.23. The van der Waals surface area contributed by atoms with Crippen LogP contribution in [0.25, 0.3) is 16.7 Å². The number of aromatic nitrogens is 4. The van der Waals surface area contributed by atoms with Crippen molar-refractivity contribution in [3.8, 4) is 5.69 Å². The van der Waals surface area contributed by atoms with Crippen molar-refractivity contribution in [1.29, 1.82) is 0 Å². The normalized spacial score (nSPS) is 11.0. The van der Waals surface area contributed by atoms with Crippen molar-refractivity contribution in [3.05, 3.63) is 82.0 Å². The molecular formula is C20H19N5O2. The number of benzene rings is 2.